The van der Waals surface area contributed by atoms with Crippen molar-refractivity contribution in [1.82, 2.24) is 9.78 Å². The molecule has 3 rings (SSSR count). The number of H-pyrrole nitrogens is 1. The Balaban J connectivity index is 2.00. The standard InChI is InChI=1S/C20H17FN4O3S/c1-4-28-20(27)17-11(2)15(9-22)18(29-17)23-10-16-12(3)24-25(19(16)26)14-7-5-13(21)6-8-14/h5-8,10,24H,4H2,1-3H3/b23-10+. The van der Waals surface area contributed by atoms with Crippen LogP contribution in [0.2, 0.25) is 0 Å². The molecule has 0 atom stereocenters. The minimum atomic E-state index is -0.510. The van der Waals surface area contributed by atoms with Crippen LogP contribution in [0.25, 0.3) is 5.69 Å². The summed E-state index contributed by atoms with van der Waals surface area (Å²) in [6.07, 6.45) is 1.36. The molecule has 7 nitrogen and oxygen atoms in total. The van der Waals surface area contributed by atoms with Gasteiger partial charge in [0.1, 0.15) is 21.8 Å². The van der Waals surface area contributed by atoms with Gasteiger partial charge in [0.2, 0.25) is 0 Å². The molecular formula is C20H17FN4O3S. The van der Waals surface area contributed by atoms with E-state index in [0.717, 1.165) is 11.3 Å². The summed E-state index contributed by atoms with van der Waals surface area (Å²) >= 11 is 1.04. The van der Waals surface area contributed by atoms with Gasteiger partial charge in [-0.1, -0.05) is 0 Å². The Hall–Kier alpha value is -3.51. The number of thiophene rings is 1. The van der Waals surface area contributed by atoms with Crippen LogP contribution in [0.4, 0.5) is 9.39 Å². The van der Waals surface area contributed by atoms with Gasteiger partial charge in [-0.25, -0.2) is 18.9 Å². The van der Waals surface area contributed by atoms with E-state index in [1.165, 1.54) is 35.2 Å². The predicted molar refractivity (Wildman–Crippen MR) is 108 cm³/mol. The lowest BCUT2D eigenvalue weighted by Gasteiger charge is -2.00. The quantitative estimate of drug-likeness (QED) is 0.509. The number of nitrogens with zero attached hydrogens (tertiary/aromatic N) is 3. The van der Waals surface area contributed by atoms with Crippen molar-refractivity contribution in [3.05, 3.63) is 67.7 Å². The fourth-order valence-corrected chi connectivity index (χ4v) is 3.72. The zero-order valence-corrected chi connectivity index (χ0v) is 16.8. The van der Waals surface area contributed by atoms with E-state index in [1.807, 2.05) is 6.07 Å². The third kappa shape index (κ3) is 3.88. The molecule has 0 spiro atoms. The van der Waals surface area contributed by atoms with Crippen LogP contribution in [0, 0.1) is 31.0 Å². The van der Waals surface area contributed by atoms with E-state index in [-0.39, 0.29) is 17.7 Å². The maximum absolute atomic E-state index is 13.1. The molecular weight excluding hydrogens is 395 g/mol. The fourth-order valence-electron chi connectivity index (χ4n) is 2.72. The average Bonchev–Trinajstić information content (AvgIpc) is 3.16. The van der Waals surface area contributed by atoms with Gasteiger partial charge in [0.05, 0.1) is 23.4 Å². The number of nitriles is 1. The molecule has 0 unspecified atom stereocenters. The molecule has 0 aliphatic heterocycles. The molecule has 1 aromatic carbocycles. The SMILES string of the molecule is CCOC(=O)c1sc(/N=C/c2c(C)[nH]n(-c3ccc(F)cc3)c2=O)c(C#N)c1C. The van der Waals surface area contributed by atoms with Crippen molar-refractivity contribution in [3.63, 3.8) is 0 Å². The molecule has 0 aliphatic carbocycles. The Labute approximate surface area is 169 Å². The summed E-state index contributed by atoms with van der Waals surface area (Å²) in [6.45, 7) is 5.29. The third-order valence-corrected chi connectivity index (χ3v) is 5.39. The van der Waals surface area contributed by atoms with Crippen LogP contribution in [0.15, 0.2) is 34.1 Å². The molecule has 148 valence electrons. The molecule has 0 saturated carbocycles. The monoisotopic (exact) mass is 412 g/mol. The molecule has 2 heterocycles. The lowest BCUT2D eigenvalue weighted by Crippen LogP contribution is -2.17. The van der Waals surface area contributed by atoms with Crippen molar-refractivity contribution in [2.75, 3.05) is 6.61 Å². The molecule has 2 aromatic heterocycles. The first-order valence-electron chi connectivity index (χ1n) is 8.69. The highest BCUT2D eigenvalue weighted by molar-refractivity contribution is 7.18. The number of ether oxygens (including phenoxy) is 1. The smallest absolute Gasteiger partial charge is 0.348 e. The molecule has 3 aromatic rings. The molecule has 0 fully saturated rings. The molecule has 29 heavy (non-hydrogen) atoms. The topological polar surface area (TPSA) is 100 Å². The summed E-state index contributed by atoms with van der Waals surface area (Å²) in [5.74, 6) is -0.911. The lowest BCUT2D eigenvalue weighted by atomic mass is 10.2. The first-order valence-corrected chi connectivity index (χ1v) is 9.51. The van der Waals surface area contributed by atoms with Crippen molar-refractivity contribution >= 4 is 28.5 Å². The number of carbonyl (C=O) groups is 1. The zero-order chi connectivity index (χ0) is 21.1. The molecule has 1 N–H and O–H groups in total. The summed E-state index contributed by atoms with van der Waals surface area (Å²) in [7, 11) is 0. The van der Waals surface area contributed by atoms with E-state index in [2.05, 4.69) is 10.1 Å². The van der Waals surface area contributed by atoms with Gasteiger partial charge in [0, 0.05) is 11.9 Å². The number of halogens is 1. The highest BCUT2D eigenvalue weighted by atomic mass is 32.1. The van der Waals surface area contributed by atoms with Crippen molar-refractivity contribution < 1.29 is 13.9 Å². The number of benzene rings is 1. The van der Waals surface area contributed by atoms with Gasteiger partial charge in [0.15, 0.2) is 0 Å². The molecule has 0 bridgehead atoms. The van der Waals surface area contributed by atoms with Crippen LogP contribution < -0.4 is 5.56 Å². The van der Waals surface area contributed by atoms with Gasteiger partial charge < -0.3 is 4.74 Å². The van der Waals surface area contributed by atoms with Gasteiger partial charge in [-0.05, 0) is 50.6 Å². The van der Waals surface area contributed by atoms with E-state index >= 15 is 0 Å². The van der Waals surface area contributed by atoms with Crippen LogP contribution in [-0.4, -0.2) is 28.6 Å². The highest BCUT2D eigenvalue weighted by Crippen LogP contribution is 2.35. The summed E-state index contributed by atoms with van der Waals surface area (Å²) in [4.78, 5) is 29.4. The van der Waals surface area contributed by atoms with Crippen molar-refractivity contribution in [3.8, 4) is 11.8 Å². The van der Waals surface area contributed by atoms with Crippen molar-refractivity contribution in [1.29, 1.82) is 5.26 Å². The minimum Gasteiger partial charge on any atom is -0.462 e. The number of hydrogen-bond donors (Lipinski definition) is 1. The second-order valence-electron chi connectivity index (χ2n) is 6.09. The maximum atomic E-state index is 13.1. The Morgan fingerprint density at radius 3 is 2.69 bits per heavy atom. The molecule has 0 radical (unpaired) electrons. The predicted octanol–water partition coefficient (Wildman–Crippen LogP) is 3.78. The van der Waals surface area contributed by atoms with E-state index < -0.39 is 11.8 Å². The molecule has 0 saturated heterocycles. The first-order chi connectivity index (χ1) is 13.9. The van der Waals surface area contributed by atoms with Crippen LogP contribution >= 0.6 is 11.3 Å². The van der Waals surface area contributed by atoms with Gasteiger partial charge in [-0.3, -0.25) is 9.89 Å². The van der Waals surface area contributed by atoms with Crippen molar-refractivity contribution in [2.45, 2.75) is 20.8 Å². The number of hydrogen-bond acceptors (Lipinski definition) is 6. The van der Waals surface area contributed by atoms with E-state index in [4.69, 9.17) is 4.74 Å². The lowest BCUT2D eigenvalue weighted by molar-refractivity contribution is 0.0531. The number of aliphatic imine (C=N–C) groups is 1. The summed E-state index contributed by atoms with van der Waals surface area (Å²) in [5, 5.41) is 12.7. The molecule has 0 amide bonds. The van der Waals surface area contributed by atoms with Gasteiger partial charge in [-0.15, -0.1) is 11.3 Å². The van der Waals surface area contributed by atoms with Crippen molar-refractivity contribution in [2.24, 2.45) is 4.99 Å². The average molecular weight is 412 g/mol. The number of rotatable bonds is 5. The second-order valence-corrected chi connectivity index (χ2v) is 7.09. The number of aromatic nitrogens is 2. The van der Waals surface area contributed by atoms with Crippen LogP contribution in [0.1, 0.15) is 39.0 Å². The summed E-state index contributed by atoms with van der Waals surface area (Å²) in [6, 6.07) is 7.53. The van der Waals surface area contributed by atoms with Gasteiger partial charge >= 0.3 is 5.97 Å². The molecule has 0 aliphatic rings. The summed E-state index contributed by atoms with van der Waals surface area (Å²) < 4.78 is 19.4. The molecule has 9 heteroatoms. The normalized spacial score (nSPS) is 11.0. The van der Waals surface area contributed by atoms with Gasteiger partial charge in [-0.2, -0.15) is 5.26 Å². The van der Waals surface area contributed by atoms with Crippen LogP contribution in [-0.2, 0) is 4.74 Å². The fraction of sp³-hybridized carbons (Fsp3) is 0.200. The van der Waals surface area contributed by atoms with Gasteiger partial charge in [0.25, 0.3) is 5.56 Å². The second kappa shape index (κ2) is 8.24. The first kappa shape index (κ1) is 20.2. The number of esters is 1. The number of nitrogens with one attached hydrogen (secondary N) is 1. The zero-order valence-electron chi connectivity index (χ0n) is 15.9. The van der Waals surface area contributed by atoms with E-state index in [0.29, 0.717) is 32.4 Å². The minimum absolute atomic E-state index is 0.224. The van der Waals surface area contributed by atoms with Crippen LogP contribution in [0.3, 0.4) is 0 Å². The van der Waals surface area contributed by atoms with E-state index in [1.54, 1.807) is 20.8 Å². The highest BCUT2D eigenvalue weighted by Gasteiger charge is 2.21. The van der Waals surface area contributed by atoms with Crippen LogP contribution in [0.5, 0.6) is 0 Å². The third-order valence-electron chi connectivity index (χ3n) is 4.21. The Morgan fingerprint density at radius 1 is 1.38 bits per heavy atom. The number of aromatic amines is 1. The van der Waals surface area contributed by atoms with E-state index in [9.17, 15) is 19.2 Å². The largest absolute Gasteiger partial charge is 0.462 e. The Bertz CT molecular complexity index is 1200. The maximum Gasteiger partial charge on any atom is 0.348 e. The Kier molecular flexibility index (Phi) is 5.75. The Morgan fingerprint density at radius 2 is 2.07 bits per heavy atom. The number of carbonyl (C=O) groups excluding carboxylic acids is 1. The summed E-state index contributed by atoms with van der Waals surface area (Å²) in [5.41, 5.74) is 1.73. The number of aryl methyl sites for hydroxylation is 1.